The van der Waals surface area contributed by atoms with Crippen LogP contribution in [0.1, 0.15) is 45.4 Å². The van der Waals surface area contributed by atoms with E-state index in [0.29, 0.717) is 12.2 Å². The Bertz CT molecular complexity index is 1170. The zero-order valence-corrected chi connectivity index (χ0v) is 17.6. The number of rotatable bonds is 5. The molecule has 0 N–H and O–H groups in total. The standard InChI is InChI=1S/C24H23N3O2S/c1-17-5-2-12-26-15-19(25-23(17)26)16-29-20-10-8-18(9-11-20)24(28)27-13-3-6-21(27)22-7-4-14-30-22/h2,4-5,7-12,14-15,21H,3,6,13,16H2,1H3. The van der Waals surface area contributed by atoms with Crippen LogP contribution in [0.2, 0.25) is 0 Å². The number of ether oxygens (including phenoxy) is 1. The smallest absolute Gasteiger partial charge is 0.254 e. The fourth-order valence-corrected chi connectivity index (χ4v) is 4.95. The number of likely N-dealkylation sites (tertiary alicyclic amines) is 1. The summed E-state index contributed by atoms with van der Waals surface area (Å²) in [5.41, 5.74) is 3.66. The second-order valence-electron chi connectivity index (χ2n) is 7.64. The Morgan fingerprint density at radius 2 is 2.07 bits per heavy atom. The van der Waals surface area contributed by atoms with Crippen LogP contribution in [-0.4, -0.2) is 26.7 Å². The van der Waals surface area contributed by atoms with Crippen molar-refractivity contribution in [1.82, 2.24) is 14.3 Å². The summed E-state index contributed by atoms with van der Waals surface area (Å²) < 4.78 is 7.91. The lowest BCUT2D eigenvalue weighted by atomic mass is 10.1. The summed E-state index contributed by atoms with van der Waals surface area (Å²) in [6, 6.07) is 15.9. The molecule has 0 spiro atoms. The molecule has 1 saturated heterocycles. The van der Waals surface area contributed by atoms with E-state index in [4.69, 9.17) is 4.74 Å². The van der Waals surface area contributed by atoms with E-state index in [1.54, 1.807) is 11.3 Å². The van der Waals surface area contributed by atoms with E-state index in [1.807, 2.05) is 65.0 Å². The van der Waals surface area contributed by atoms with E-state index in [1.165, 1.54) is 4.88 Å². The number of pyridine rings is 1. The average Bonchev–Trinajstić information content (AvgIpc) is 3.52. The molecule has 0 bridgehead atoms. The van der Waals surface area contributed by atoms with E-state index in [2.05, 4.69) is 22.5 Å². The van der Waals surface area contributed by atoms with Gasteiger partial charge in [0.25, 0.3) is 5.91 Å². The number of nitrogens with zero attached hydrogens (tertiary/aromatic N) is 3. The van der Waals surface area contributed by atoms with Gasteiger partial charge in [0, 0.05) is 29.4 Å². The van der Waals surface area contributed by atoms with Crippen molar-refractivity contribution in [2.45, 2.75) is 32.4 Å². The van der Waals surface area contributed by atoms with Crippen LogP contribution in [0, 0.1) is 6.92 Å². The Morgan fingerprint density at radius 3 is 2.83 bits per heavy atom. The Morgan fingerprint density at radius 1 is 1.20 bits per heavy atom. The Labute approximate surface area is 179 Å². The first-order valence-corrected chi connectivity index (χ1v) is 11.1. The van der Waals surface area contributed by atoms with Gasteiger partial charge in [0.2, 0.25) is 0 Å². The summed E-state index contributed by atoms with van der Waals surface area (Å²) >= 11 is 1.72. The van der Waals surface area contributed by atoms with Crippen molar-refractivity contribution in [3.05, 3.63) is 88.0 Å². The number of hydrogen-bond acceptors (Lipinski definition) is 4. The van der Waals surface area contributed by atoms with Crippen LogP contribution >= 0.6 is 11.3 Å². The molecule has 30 heavy (non-hydrogen) atoms. The van der Waals surface area contributed by atoms with Crippen molar-refractivity contribution in [1.29, 1.82) is 0 Å². The highest BCUT2D eigenvalue weighted by molar-refractivity contribution is 7.10. The quantitative estimate of drug-likeness (QED) is 0.445. The predicted octanol–water partition coefficient (Wildman–Crippen LogP) is 5.26. The fraction of sp³-hybridized carbons (Fsp3) is 0.250. The maximum absolute atomic E-state index is 13.1. The Hall–Kier alpha value is -3.12. The molecule has 1 atom stereocenters. The molecule has 0 radical (unpaired) electrons. The van der Waals surface area contributed by atoms with Gasteiger partial charge in [-0.15, -0.1) is 11.3 Å². The molecule has 1 fully saturated rings. The lowest BCUT2D eigenvalue weighted by Gasteiger charge is -2.24. The number of aryl methyl sites for hydroxylation is 1. The van der Waals surface area contributed by atoms with Gasteiger partial charge in [-0.25, -0.2) is 4.98 Å². The number of amides is 1. The molecule has 1 amide bonds. The molecule has 152 valence electrons. The molecule has 1 aromatic carbocycles. The van der Waals surface area contributed by atoms with E-state index >= 15 is 0 Å². The van der Waals surface area contributed by atoms with Gasteiger partial charge in [-0.05, 0) is 67.1 Å². The fourth-order valence-electron chi connectivity index (χ4n) is 4.08. The Kier molecular flexibility index (Phi) is 5.01. The van der Waals surface area contributed by atoms with Crippen LogP contribution in [0.5, 0.6) is 5.75 Å². The molecule has 3 aromatic heterocycles. The summed E-state index contributed by atoms with van der Waals surface area (Å²) in [6.45, 7) is 3.25. The summed E-state index contributed by atoms with van der Waals surface area (Å²) in [5, 5.41) is 2.08. The van der Waals surface area contributed by atoms with Gasteiger partial charge >= 0.3 is 0 Å². The van der Waals surface area contributed by atoms with Crippen LogP contribution in [0.4, 0.5) is 0 Å². The first-order valence-electron chi connectivity index (χ1n) is 10.2. The van der Waals surface area contributed by atoms with Crippen molar-refractivity contribution < 1.29 is 9.53 Å². The molecule has 1 aliphatic rings. The van der Waals surface area contributed by atoms with Crippen molar-refractivity contribution >= 4 is 22.9 Å². The first kappa shape index (κ1) is 18.9. The second-order valence-corrected chi connectivity index (χ2v) is 8.62. The van der Waals surface area contributed by atoms with E-state index in [0.717, 1.165) is 42.0 Å². The molecule has 4 aromatic rings. The minimum absolute atomic E-state index is 0.0910. The van der Waals surface area contributed by atoms with Crippen LogP contribution in [0.3, 0.4) is 0 Å². The number of imidazole rings is 1. The third kappa shape index (κ3) is 3.59. The van der Waals surface area contributed by atoms with Crippen molar-refractivity contribution in [3.8, 4) is 5.75 Å². The zero-order chi connectivity index (χ0) is 20.5. The largest absolute Gasteiger partial charge is 0.487 e. The number of hydrogen-bond donors (Lipinski definition) is 0. The molecule has 0 aliphatic carbocycles. The lowest BCUT2D eigenvalue weighted by Crippen LogP contribution is -2.30. The molecule has 0 saturated carbocycles. The minimum atomic E-state index is 0.0910. The van der Waals surface area contributed by atoms with Crippen molar-refractivity contribution in [2.75, 3.05) is 6.54 Å². The number of thiophene rings is 1. The molecular weight excluding hydrogens is 394 g/mol. The molecule has 5 rings (SSSR count). The average molecular weight is 418 g/mol. The van der Waals surface area contributed by atoms with Crippen LogP contribution in [-0.2, 0) is 6.61 Å². The maximum Gasteiger partial charge on any atom is 0.254 e. The monoisotopic (exact) mass is 417 g/mol. The maximum atomic E-state index is 13.1. The number of benzene rings is 1. The first-order chi connectivity index (χ1) is 14.7. The topological polar surface area (TPSA) is 46.8 Å². The van der Waals surface area contributed by atoms with Gasteiger partial charge in [0.15, 0.2) is 0 Å². The Balaban J connectivity index is 1.26. The third-order valence-corrected chi connectivity index (χ3v) is 6.57. The summed E-state index contributed by atoms with van der Waals surface area (Å²) in [4.78, 5) is 21.0. The number of carbonyl (C=O) groups is 1. The van der Waals surface area contributed by atoms with Gasteiger partial charge < -0.3 is 14.0 Å². The normalized spacial score (nSPS) is 16.3. The molecular formula is C24H23N3O2S. The molecule has 5 nitrogen and oxygen atoms in total. The third-order valence-electron chi connectivity index (χ3n) is 5.60. The number of carbonyl (C=O) groups excluding carboxylic acids is 1. The molecule has 1 aliphatic heterocycles. The van der Waals surface area contributed by atoms with Gasteiger partial charge in [0.05, 0.1) is 11.7 Å². The van der Waals surface area contributed by atoms with Gasteiger partial charge in [-0.1, -0.05) is 12.1 Å². The molecule has 1 unspecified atom stereocenters. The van der Waals surface area contributed by atoms with Crippen LogP contribution in [0.25, 0.3) is 5.65 Å². The molecule has 6 heteroatoms. The van der Waals surface area contributed by atoms with E-state index in [-0.39, 0.29) is 11.9 Å². The number of fused-ring (bicyclic) bond motifs is 1. The van der Waals surface area contributed by atoms with Gasteiger partial charge in [-0.2, -0.15) is 0 Å². The predicted molar refractivity (Wildman–Crippen MR) is 118 cm³/mol. The highest BCUT2D eigenvalue weighted by Crippen LogP contribution is 2.35. The number of aromatic nitrogens is 2. The molecule has 4 heterocycles. The summed E-state index contributed by atoms with van der Waals surface area (Å²) in [7, 11) is 0. The van der Waals surface area contributed by atoms with Crippen molar-refractivity contribution in [3.63, 3.8) is 0 Å². The van der Waals surface area contributed by atoms with Crippen LogP contribution in [0.15, 0.2) is 66.3 Å². The van der Waals surface area contributed by atoms with E-state index < -0.39 is 0 Å². The summed E-state index contributed by atoms with van der Waals surface area (Å²) in [6.07, 6.45) is 6.05. The van der Waals surface area contributed by atoms with Gasteiger partial charge in [0.1, 0.15) is 18.0 Å². The summed E-state index contributed by atoms with van der Waals surface area (Å²) in [5.74, 6) is 0.824. The zero-order valence-electron chi connectivity index (χ0n) is 16.8. The lowest BCUT2D eigenvalue weighted by molar-refractivity contribution is 0.0738. The highest BCUT2D eigenvalue weighted by Gasteiger charge is 2.31. The highest BCUT2D eigenvalue weighted by atomic mass is 32.1. The SMILES string of the molecule is Cc1cccn2cc(COc3ccc(C(=O)N4CCCC4c4cccs4)cc3)nc12. The van der Waals surface area contributed by atoms with Crippen molar-refractivity contribution in [2.24, 2.45) is 0 Å². The van der Waals surface area contributed by atoms with Crippen LogP contribution < -0.4 is 4.74 Å². The van der Waals surface area contributed by atoms with E-state index in [9.17, 15) is 4.79 Å². The second kappa shape index (κ2) is 7.95. The minimum Gasteiger partial charge on any atom is -0.487 e. The van der Waals surface area contributed by atoms with Gasteiger partial charge in [-0.3, -0.25) is 4.79 Å².